The van der Waals surface area contributed by atoms with Crippen molar-refractivity contribution in [2.75, 3.05) is 17.7 Å². The maximum Gasteiger partial charge on any atom is 0.350 e. The molecule has 0 fully saturated rings. The van der Waals surface area contributed by atoms with Crippen LogP contribution < -0.4 is 11.1 Å². The molecule has 2 aromatic rings. The first kappa shape index (κ1) is 13.8. The van der Waals surface area contributed by atoms with Gasteiger partial charge in [-0.1, -0.05) is 5.16 Å². The van der Waals surface area contributed by atoms with Gasteiger partial charge < -0.3 is 20.3 Å². The quantitative estimate of drug-likeness (QED) is 0.791. The van der Waals surface area contributed by atoms with E-state index >= 15 is 0 Å². The number of nitrogens with zero attached hydrogens (tertiary/aromatic N) is 3. The van der Waals surface area contributed by atoms with Gasteiger partial charge in [-0.3, -0.25) is 0 Å². The molecule has 9 heteroatoms. The number of nitrogens with one attached hydrogen (secondary N) is 1. The molecule has 104 valence electrons. The van der Waals surface area contributed by atoms with Crippen LogP contribution in [0.15, 0.2) is 10.9 Å². The minimum absolute atomic E-state index is 0.117. The summed E-state index contributed by atoms with van der Waals surface area (Å²) in [6, 6.07) is 1.96. The van der Waals surface area contributed by atoms with Gasteiger partial charge >= 0.3 is 5.97 Å². The Balaban J connectivity index is 2.22. The summed E-state index contributed by atoms with van der Waals surface area (Å²) in [7, 11) is 0. The predicted molar refractivity (Wildman–Crippen MR) is 71.0 cm³/mol. The van der Waals surface area contributed by atoms with Gasteiger partial charge in [-0.2, -0.15) is 10.2 Å². The summed E-state index contributed by atoms with van der Waals surface area (Å²) in [4.78, 5) is 15.8. The number of esters is 1. The summed E-state index contributed by atoms with van der Waals surface area (Å²) in [6.07, 6.45) is 1.20. The average Bonchev–Trinajstić information content (AvgIpc) is 3.04. The Labute approximate surface area is 118 Å². The molecule has 0 atom stereocenters. The van der Waals surface area contributed by atoms with E-state index in [1.54, 1.807) is 6.92 Å². The van der Waals surface area contributed by atoms with Crippen LogP contribution in [0.3, 0.4) is 0 Å². The average molecular weight is 293 g/mol. The molecule has 0 radical (unpaired) electrons. The van der Waals surface area contributed by atoms with Crippen molar-refractivity contribution >= 4 is 28.0 Å². The van der Waals surface area contributed by atoms with Crippen molar-refractivity contribution in [3.05, 3.63) is 22.7 Å². The van der Waals surface area contributed by atoms with E-state index in [1.165, 1.54) is 6.39 Å². The highest BCUT2D eigenvalue weighted by molar-refractivity contribution is 7.18. The highest BCUT2D eigenvalue weighted by atomic mass is 32.1. The molecule has 0 spiro atoms. The van der Waals surface area contributed by atoms with E-state index in [4.69, 9.17) is 15.7 Å². The minimum Gasteiger partial charge on any atom is -0.462 e. The molecule has 0 aliphatic carbocycles. The van der Waals surface area contributed by atoms with Crippen molar-refractivity contribution in [1.82, 2.24) is 10.1 Å². The number of nitrogen functional groups attached to an aromatic ring is 1. The van der Waals surface area contributed by atoms with Crippen molar-refractivity contribution in [1.29, 1.82) is 5.26 Å². The highest BCUT2D eigenvalue weighted by Gasteiger charge is 2.22. The van der Waals surface area contributed by atoms with E-state index in [0.717, 1.165) is 11.3 Å². The van der Waals surface area contributed by atoms with Crippen molar-refractivity contribution in [2.45, 2.75) is 13.5 Å². The molecule has 0 aliphatic heterocycles. The first-order valence-corrected chi connectivity index (χ1v) is 6.47. The van der Waals surface area contributed by atoms with Crippen LogP contribution in [-0.4, -0.2) is 22.7 Å². The van der Waals surface area contributed by atoms with Gasteiger partial charge in [0.1, 0.15) is 21.5 Å². The molecule has 0 unspecified atom stereocenters. The molecule has 0 bridgehead atoms. The Hall–Kier alpha value is -2.60. The second kappa shape index (κ2) is 6.03. The molecule has 0 amide bonds. The van der Waals surface area contributed by atoms with Gasteiger partial charge in [-0.15, -0.1) is 11.3 Å². The normalized spacial score (nSPS) is 10.0. The lowest BCUT2D eigenvalue weighted by atomic mass is 10.2. The largest absolute Gasteiger partial charge is 0.462 e. The Kier molecular flexibility index (Phi) is 4.17. The Morgan fingerprint density at radius 3 is 3.10 bits per heavy atom. The maximum absolute atomic E-state index is 11.7. The molecule has 0 saturated carbocycles. The molecular weight excluding hydrogens is 282 g/mol. The van der Waals surface area contributed by atoms with Crippen LogP contribution >= 0.6 is 11.3 Å². The summed E-state index contributed by atoms with van der Waals surface area (Å²) in [6.45, 7) is 2.19. The van der Waals surface area contributed by atoms with Crippen LogP contribution in [0.25, 0.3) is 0 Å². The third kappa shape index (κ3) is 2.70. The van der Waals surface area contributed by atoms with Gasteiger partial charge in [-0.25, -0.2) is 4.79 Å². The first-order chi connectivity index (χ1) is 9.67. The fourth-order valence-corrected chi connectivity index (χ4v) is 2.42. The number of anilines is 2. The van der Waals surface area contributed by atoms with Crippen molar-refractivity contribution in [2.24, 2.45) is 0 Å². The Morgan fingerprint density at radius 1 is 1.70 bits per heavy atom. The van der Waals surface area contributed by atoms with Gasteiger partial charge in [-0.05, 0) is 6.92 Å². The monoisotopic (exact) mass is 293 g/mol. The fraction of sp³-hybridized carbons (Fsp3) is 0.273. The van der Waals surface area contributed by atoms with E-state index < -0.39 is 5.97 Å². The second-order valence-corrected chi connectivity index (χ2v) is 4.60. The number of hydrogen-bond donors (Lipinski definition) is 2. The third-order valence-corrected chi connectivity index (χ3v) is 3.48. The number of aromatic nitrogens is 2. The number of hydrogen-bond acceptors (Lipinski definition) is 9. The van der Waals surface area contributed by atoms with Crippen LogP contribution in [0.5, 0.6) is 0 Å². The number of nitriles is 1. The Bertz CT molecular complexity index is 644. The molecule has 2 aromatic heterocycles. The standard InChI is InChI=1S/C11H11N5O3S/c1-2-18-11(17)9-8(13)6(3-12)10(20-9)14-4-7-15-5-19-16-7/h5,14H,2,4,13H2,1H3. The lowest BCUT2D eigenvalue weighted by Crippen LogP contribution is -2.05. The molecular formula is C11H11N5O3S. The van der Waals surface area contributed by atoms with Gasteiger partial charge in [0.2, 0.25) is 6.39 Å². The number of ether oxygens (including phenoxy) is 1. The molecule has 2 rings (SSSR count). The van der Waals surface area contributed by atoms with Crippen LogP contribution in [0.2, 0.25) is 0 Å². The number of thiophene rings is 1. The molecule has 0 aromatic carbocycles. The zero-order valence-corrected chi connectivity index (χ0v) is 11.4. The Morgan fingerprint density at radius 2 is 2.50 bits per heavy atom. The summed E-state index contributed by atoms with van der Waals surface area (Å²) in [5.41, 5.74) is 6.12. The summed E-state index contributed by atoms with van der Waals surface area (Å²) < 4.78 is 9.48. The van der Waals surface area contributed by atoms with Gasteiger partial charge in [0, 0.05) is 0 Å². The number of carbonyl (C=O) groups excluding carboxylic acids is 1. The third-order valence-electron chi connectivity index (χ3n) is 2.33. The molecule has 0 saturated heterocycles. The molecule has 3 N–H and O–H groups in total. The van der Waals surface area contributed by atoms with Gasteiger partial charge in [0.05, 0.1) is 18.8 Å². The smallest absolute Gasteiger partial charge is 0.350 e. The molecule has 0 aliphatic rings. The second-order valence-electron chi connectivity index (χ2n) is 3.58. The SMILES string of the molecule is CCOC(=O)c1sc(NCc2ncon2)c(C#N)c1N. The number of rotatable bonds is 5. The zero-order valence-electron chi connectivity index (χ0n) is 10.5. The van der Waals surface area contributed by atoms with Gasteiger partial charge in [0.15, 0.2) is 5.82 Å². The number of nitrogens with two attached hydrogens (primary N) is 1. The van der Waals surface area contributed by atoms with Crippen LogP contribution in [0.1, 0.15) is 28.0 Å². The van der Waals surface area contributed by atoms with Gasteiger partial charge in [0.25, 0.3) is 0 Å². The lowest BCUT2D eigenvalue weighted by Gasteiger charge is -1.99. The zero-order chi connectivity index (χ0) is 14.5. The van der Waals surface area contributed by atoms with Crippen molar-refractivity contribution in [3.8, 4) is 6.07 Å². The van der Waals surface area contributed by atoms with E-state index in [2.05, 4.69) is 20.0 Å². The van der Waals surface area contributed by atoms with E-state index in [0.29, 0.717) is 10.8 Å². The van der Waals surface area contributed by atoms with Crippen molar-refractivity contribution in [3.63, 3.8) is 0 Å². The summed E-state index contributed by atoms with van der Waals surface area (Å²) in [5, 5.41) is 16.2. The molecule has 2 heterocycles. The van der Waals surface area contributed by atoms with Crippen molar-refractivity contribution < 1.29 is 14.1 Å². The molecule has 8 nitrogen and oxygen atoms in total. The lowest BCUT2D eigenvalue weighted by molar-refractivity contribution is 0.0533. The van der Waals surface area contributed by atoms with E-state index in [1.807, 2.05) is 6.07 Å². The summed E-state index contributed by atoms with van der Waals surface area (Å²) >= 11 is 1.06. The van der Waals surface area contributed by atoms with Crippen LogP contribution in [0, 0.1) is 11.3 Å². The first-order valence-electron chi connectivity index (χ1n) is 5.66. The van der Waals surface area contributed by atoms with Crippen LogP contribution in [-0.2, 0) is 11.3 Å². The number of carbonyl (C=O) groups is 1. The highest BCUT2D eigenvalue weighted by Crippen LogP contribution is 2.35. The topological polar surface area (TPSA) is 127 Å². The van der Waals surface area contributed by atoms with E-state index in [9.17, 15) is 4.79 Å². The maximum atomic E-state index is 11.7. The van der Waals surface area contributed by atoms with E-state index in [-0.39, 0.29) is 29.3 Å². The predicted octanol–water partition coefficient (Wildman–Crippen LogP) is 1.37. The molecule has 20 heavy (non-hydrogen) atoms. The van der Waals surface area contributed by atoms with Crippen LogP contribution in [0.4, 0.5) is 10.7 Å². The fourth-order valence-electron chi connectivity index (χ4n) is 1.46. The minimum atomic E-state index is -0.542. The summed E-state index contributed by atoms with van der Waals surface area (Å²) in [5.74, 6) is -0.113.